The van der Waals surface area contributed by atoms with Crippen molar-refractivity contribution >= 4 is 11.6 Å². The van der Waals surface area contributed by atoms with Gasteiger partial charge in [-0.05, 0) is 6.07 Å². The topological polar surface area (TPSA) is 74.4 Å². The largest absolute Gasteiger partial charge is 0.339 e. The molecule has 1 aromatic carbocycles. The summed E-state index contributed by atoms with van der Waals surface area (Å²) in [5, 5.41) is 12.1. The highest BCUT2D eigenvalue weighted by Gasteiger charge is 2.38. The molecule has 0 saturated carbocycles. The van der Waals surface area contributed by atoms with Gasteiger partial charge in [-0.25, -0.2) is 4.39 Å². The van der Waals surface area contributed by atoms with Crippen LogP contribution in [0.3, 0.4) is 0 Å². The summed E-state index contributed by atoms with van der Waals surface area (Å²) in [5.41, 5.74) is 2.84. The second kappa shape index (κ2) is 4.53. The minimum absolute atomic E-state index is 0.0452. The Hall–Kier alpha value is -2.47. The molecule has 0 unspecified atom stereocenters. The Balaban J connectivity index is 1.96. The first-order valence-corrected chi connectivity index (χ1v) is 6.88. The maximum absolute atomic E-state index is 14.3. The van der Waals surface area contributed by atoms with Crippen molar-refractivity contribution < 1.29 is 14.5 Å². The van der Waals surface area contributed by atoms with Crippen LogP contribution in [0, 0.1) is 5.82 Å². The van der Waals surface area contributed by atoms with Gasteiger partial charge in [-0.1, -0.05) is 18.2 Å². The number of rotatable bonds is 1. The average Bonchev–Trinajstić information content (AvgIpc) is 2.94. The number of quaternary nitrogens is 1. The maximum Gasteiger partial charge on any atom is 0.215 e. The Morgan fingerprint density at radius 2 is 2.10 bits per heavy atom. The standard InChI is InChI=1S/C15H13FN4O/c16-10-4-2-1-3-8(10)13-9-5-18-20-15(9)19-11-6-17-7-12(21)14(11)13/h1-5,13,17H,6-7H2,(H2,18,19,20)/p+1/t13-/m0/s1. The summed E-state index contributed by atoms with van der Waals surface area (Å²) >= 11 is 0. The van der Waals surface area contributed by atoms with Crippen LogP contribution in [0.15, 0.2) is 41.7 Å². The molecule has 5 nitrogen and oxygen atoms in total. The van der Waals surface area contributed by atoms with Gasteiger partial charge in [0.15, 0.2) is 0 Å². The highest BCUT2D eigenvalue weighted by Crippen LogP contribution is 2.41. The molecule has 2 aliphatic rings. The molecule has 0 fully saturated rings. The first-order valence-electron chi connectivity index (χ1n) is 6.88. The molecule has 2 aliphatic heterocycles. The van der Waals surface area contributed by atoms with E-state index in [1.807, 2.05) is 5.32 Å². The molecule has 3 heterocycles. The van der Waals surface area contributed by atoms with Crippen LogP contribution >= 0.6 is 0 Å². The van der Waals surface area contributed by atoms with Crippen molar-refractivity contribution in [1.29, 1.82) is 0 Å². The number of anilines is 1. The molecule has 0 radical (unpaired) electrons. The molecular weight excluding hydrogens is 271 g/mol. The lowest BCUT2D eigenvalue weighted by Gasteiger charge is -2.30. The summed E-state index contributed by atoms with van der Waals surface area (Å²) in [7, 11) is 0. The maximum atomic E-state index is 14.3. The van der Waals surface area contributed by atoms with Gasteiger partial charge >= 0.3 is 0 Å². The summed E-state index contributed by atoms with van der Waals surface area (Å²) in [6, 6.07) is 6.61. The number of aromatic nitrogens is 2. The van der Waals surface area contributed by atoms with Gasteiger partial charge in [-0.15, -0.1) is 0 Å². The number of fused-ring (bicyclic) bond motifs is 1. The highest BCUT2D eigenvalue weighted by molar-refractivity contribution is 6.01. The Morgan fingerprint density at radius 1 is 1.24 bits per heavy atom. The van der Waals surface area contributed by atoms with Crippen molar-refractivity contribution in [1.82, 2.24) is 10.2 Å². The number of nitrogens with one attached hydrogen (secondary N) is 2. The van der Waals surface area contributed by atoms with E-state index >= 15 is 0 Å². The van der Waals surface area contributed by atoms with Crippen LogP contribution in [-0.4, -0.2) is 29.1 Å². The molecular formula is C15H14FN4O+. The average molecular weight is 285 g/mol. The lowest BCUT2D eigenvalue weighted by atomic mass is 9.79. The van der Waals surface area contributed by atoms with E-state index in [0.29, 0.717) is 24.2 Å². The Bertz CT molecular complexity index is 765. The van der Waals surface area contributed by atoms with Crippen LogP contribution in [0.25, 0.3) is 0 Å². The van der Waals surface area contributed by atoms with E-state index in [2.05, 4.69) is 15.5 Å². The van der Waals surface area contributed by atoms with E-state index in [4.69, 9.17) is 0 Å². The van der Waals surface area contributed by atoms with Crippen molar-refractivity contribution in [3.05, 3.63) is 58.7 Å². The van der Waals surface area contributed by atoms with Gasteiger partial charge in [-0.2, -0.15) is 5.10 Å². The number of H-pyrrole nitrogens is 1. The quantitative estimate of drug-likeness (QED) is 0.714. The van der Waals surface area contributed by atoms with Gasteiger partial charge in [0.05, 0.1) is 11.9 Å². The number of nitrogens with two attached hydrogens (primary N) is 1. The van der Waals surface area contributed by atoms with Crippen LogP contribution in [0.4, 0.5) is 10.2 Å². The number of carbonyl (C=O) groups is 1. The number of nitrogens with zero attached hydrogens (tertiary/aromatic N) is 1. The van der Waals surface area contributed by atoms with Gasteiger partial charge < -0.3 is 10.6 Å². The SMILES string of the molecule is O=C1C[NH2+]CC2=C1[C@@H](c1ccccc1F)c1cn[nH]c1N2. The zero-order valence-corrected chi connectivity index (χ0v) is 11.2. The first-order chi connectivity index (χ1) is 10.3. The van der Waals surface area contributed by atoms with Crippen LogP contribution in [0.2, 0.25) is 0 Å². The lowest BCUT2D eigenvalue weighted by molar-refractivity contribution is -0.637. The molecule has 6 heteroatoms. The van der Waals surface area contributed by atoms with Crippen LogP contribution < -0.4 is 10.6 Å². The molecule has 0 amide bonds. The number of Topliss-reactive ketones (excluding diaryl/α,β-unsaturated/α-hetero) is 1. The van der Waals surface area contributed by atoms with E-state index in [0.717, 1.165) is 17.1 Å². The second-order valence-electron chi connectivity index (χ2n) is 5.29. The smallest absolute Gasteiger partial charge is 0.215 e. The second-order valence-corrected chi connectivity index (χ2v) is 5.29. The fraction of sp³-hybridized carbons (Fsp3) is 0.200. The van der Waals surface area contributed by atoms with Gasteiger partial charge in [0.2, 0.25) is 5.78 Å². The van der Waals surface area contributed by atoms with Crippen LogP contribution in [0.1, 0.15) is 17.0 Å². The number of aromatic amines is 1. The molecule has 1 aromatic heterocycles. The third kappa shape index (κ3) is 1.80. The summed E-state index contributed by atoms with van der Waals surface area (Å²) in [5.74, 6) is 0.0945. The minimum atomic E-state index is -0.391. The van der Waals surface area contributed by atoms with E-state index in [1.165, 1.54) is 6.07 Å². The van der Waals surface area contributed by atoms with Crippen LogP contribution in [-0.2, 0) is 4.79 Å². The van der Waals surface area contributed by atoms with Crippen LogP contribution in [0.5, 0.6) is 0 Å². The zero-order chi connectivity index (χ0) is 14.4. The zero-order valence-electron chi connectivity index (χ0n) is 11.2. The molecule has 4 rings (SSSR count). The van der Waals surface area contributed by atoms with Crippen molar-refractivity contribution in [2.45, 2.75) is 5.92 Å². The first kappa shape index (κ1) is 12.3. The molecule has 106 valence electrons. The molecule has 4 N–H and O–H groups in total. The summed E-state index contributed by atoms with van der Waals surface area (Å²) in [6.07, 6.45) is 1.66. The van der Waals surface area contributed by atoms with E-state index < -0.39 is 5.92 Å². The van der Waals surface area contributed by atoms with Gasteiger partial charge in [0, 0.05) is 22.6 Å². The van der Waals surface area contributed by atoms with Crippen molar-refractivity contribution in [3.8, 4) is 0 Å². The van der Waals surface area contributed by atoms with E-state index in [9.17, 15) is 9.18 Å². The van der Waals surface area contributed by atoms with Crippen molar-refractivity contribution in [2.24, 2.45) is 0 Å². The number of benzene rings is 1. The number of carbonyl (C=O) groups excluding carboxylic acids is 1. The number of hydrogen-bond acceptors (Lipinski definition) is 3. The normalized spacial score (nSPS) is 20.8. The highest BCUT2D eigenvalue weighted by atomic mass is 19.1. The molecule has 0 aliphatic carbocycles. The fourth-order valence-electron chi connectivity index (χ4n) is 3.14. The third-order valence-electron chi connectivity index (χ3n) is 4.06. The molecule has 2 aromatic rings. The van der Waals surface area contributed by atoms with Crippen molar-refractivity contribution in [3.63, 3.8) is 0 Å². The Labute approximate surface area is 120 Å². The molecule has 1 atom stereocenters. The molecule has 21 heavy (non-hydrogen) atoms. The predicted molar refractivity (Wildman–Crippen MR) is 74.1 cm³/mol. The molecule has 0 spiro atoms. The Kier molecular flexibility index (Phi) is 2.65. The monoisotopic (exact) mass is 285 g/mol. The minimum Gasteiger partial charge on any atom is -0.339 e. The lowest BCUT2D eigenvalue weighted by Crippen LogP contribution is -2.88. The van der Waals surface area contributed by atoms with Crippen molar-refractivity contribution in [2.75, 3.05) is 18.4 Å². The summed E-state index contributed by atoms with van der Waals surface area (Å²) < 4.78 is 14.3. The summed E-state index contributed by atoms with van der Waals surface area (Å²) in [6.45, 7) is 1.09. The predicted octanol–water partition coefficient (Wildman–Crippen LogP) is 0.506. The fourth-order valence-corrected chi connectivity index (χ4v) is 3.14. The Morgan fingerprint density at radius 3 is 2.95 bits per heavy atom. The number of ketones is 1. The number of hydrogen-bond donors (Lipinski definition) is 3. The molecule has 0 saturated heterocycles. The van der Waals surface area contributed by atoms with E-state index in [-0.39, 0.29) is 11.6 Å². The summed E-state index contributed by atoms with van der Waals surface area (Å²) in [4.78, 5) is 12.4. The molecule has 0 bridgehead atoms. The van der Waals surface area contributed by atoms with Gasteiger partial charge in [0.1, 0.15) is 24.7 Å². The number of halogens is 1. The van der Waals surface area contributed by atoms with E-state index in [1.54, 1.807) is 24.4 Å². The third-order valence-corrected chi connectivity index (χ3v) is 4.06. The van der Waals surface area contributed by atoms with Gasteiger partial charge in [0.25, 0.3) is 0 Å². The van der Waals surface area contributed by atoms with Gasteiger partial charge in [-0.3, -0.25) is 9.89 Å².